The van der Waals surface area contributed by atoms with Crippen molar-refractivity contribution >= 4 is 16.0 Å². The average Bonchev–Trinajstić information content (AvgIpc) is 2.86. The molecule has 0 bridgehead atoms. The lowest BCUT2D eigenvalue weighted by Gasteiger charge is -2.33. The van der Waals surface area contributed by atoms with E-state index in [2.05, 4.69) is 11.8 Å². The van der Waals surface area contributed by atoms with Crippen LogP contribution in [0.25, 0.3) is 0 Å². The van der Waals surface area contributed by atoms with Gasteiger partial charge in [0.05, 0.1) is 16.2 Å². The van der Waals surface area contributed by atoms with Crippen LogP contribution in [0.3, 0.4) is 0 Å². The Labute approximate surface area is 199 Å². The van der Waals surface area contributed by atoms with Gasteiger partial charge in [0.15, 0.2) is 0 Å². The minimum absolute atomic E-state index is 0.112. The molecule has 0 amide bonds. The summed E-state index contributed by atoms with van der Waals surface area (Å²) in [6.07, 6.45) is 2.59. The Hall–Kier alpha value is -3.04. The van der Waals surface area contributed by atoms with Crippen molar-refractivity contribution in [3.63, 3.8) is 0 Å². The number of rotatable bonds is 5. The summed E-state index contributed by atoms with van der Waals surface area (Å²) < 4.78 is 47.4. The molecule has 2 aromatic carbocycles. The van der Waals surface area contributed by atoms with E-state index >= 15 is 0 Å². The van der Waals surface area contributed by atoms with Gasteiger partial charge in [0.25, 0.3) is 0 Å². The molecule has 5 rings (SSSR count). The lowest BCUT2D eigenvalue weighted by molar-refractivity contribution is 0.367. The fourth-order valence-corrected chi connectivity index (χ4v) is 5.77. The average molecular weight is 483 g/mol. The van der Waals surface area contributed by atoms with Crippen molar-refractivity contribution in [1.29, 1.82) is 0 Å². The molecule has 2 aliphatic heterocycles. The van der Waals surface area contributed by atoms with Crippen molar-refractivity contribution in [3.8, 4) is 11.6 Å². The highest BCUT2D eigenvalue weighted by Crippen LogP contribution is 2.34. The minimum Gasteiger partial charge on any atom is -0.438 e. The van der Waals surface area contributed by atoms with Gasteiger partial charge >= 0.3 is 0 Å². The molecule has 3 heterocycles. The van der Waals surface area contributed by atoms with Gasteiger partial charge in [-0.05, 0) is 55.2 Å². The van der Waals surface area contributed by atoms with E-state index < -0.39 is 10.0 Å². The molecule has 34 heavy (non-hydrogen) atoms. The first kappa shape index (κ1) is 22.7. The van der Waals surface area contributed by atoms with E-state index in [4.69, 9.17) is 14.7 Å². The zero-order valence-electron chi connectivity index (χ0n) is 19.0. The summed E-state index contributed by atoms with van der Waals surface area (Å²) in [6.45, 7) is 4.42. The molecule has 1 fully saturated rings. The van der Waals surface area contributed by atoms with Gasteiger partial charge in [-0.1, -0.05) is 25.1 Å². The maximum Gasteiger partial charge on any atom is 0.243 e. The summed E-state index contributed by atoms with van der Waals surface area (Å²) in [5, 5.41) is 0. The van der Waals surface area contributed by atoms with Gasteiger partial charge in [0.2, 0.25) is 21.9 Å². The summed E-state index contributed by atoms with van der Waals surface area (Å²) in [5.74, 6) is 1.66. The third kappa shape index (κ3) is 4.63. The largest absolute Gasteiger partial charge is 0.438 e. The zero-order chi connectivity index (χ0) is 23.7. The molecule has 0 spiro atoms. The summed E-state index contributed by atoms with van der Waals surface area (Å²) in [5.41, 5.74) is 1.43. The highest BCUT2D eigenvalue weighted by atomic mass is 32.2. The molecule has 3 aromatic rings. The van der Waals surface area contributed by atoms with Crippen LogP contribution >= 0.6 is 0 Å². The molecule has 178 valence electrons. The molecular formula is C25H27FN4O3S. The van der Waals surface area contributed by atoms with Crippen LogP contribution in [0.1, 0.15) is 31.0 Å². The molecule has 9 heteroatoms. The van der Waals surface area contributed by atoms with Gasteiger partial charge in [-0.25, -0.2) is 17.8 Å². The second-order valence-electron chi connectivity index (χ2n) is 8.88. The Balaban J connectivity index is 1.51. The Morgan fingerprint density at radius 3 is 2.38 bits per heavy atom. The monoisotopic (exact) mass is 482 g/mol. The molecule has 0 N–H and O–H groups in total. The number of sulfonamides is 1. The summed E-state index contributed by atoms with van der Waals surface area (Å²) in [4.78, 5) is 11.9. The van der Waals surface area contributed by atoms with Crippen LogP contribution < -0.4 is 9.64 Å². The fraction of sp³-hybridized carbons (Fsp3) is 0.360. The zero-order valence-corrected chi connectivity index (χ0v) is 19.8. The van der Waals surface area contributed by atoms with E-state index in [1.807, 2.05) is 0 Å². The van der Waals surface area contributed by atoms with Gasteiger partial charge < -0.3 is 9.64 Å². The lowest BCUT2D eigenvalue weighted by Crippen LogP contribution is -2.38. The molecule has 2 aliphatic rings. The van der Waals surface area contributed by atoms with Crippen LogP contribution in [-0.2, 0) is 23.0 Å². The van der Waals surface area contributed by atoms with E-state index in [1.54, 1.807) is 30.3 Å². The molecule has 0 aliphatic carbocycles. The first-order valence-corrected chi connectivity index (χ1v) is 13.0. The van der Waals surface area contributed by atoms with Crippen LogP contribution in [-0.4, -0.2) is 42.3 Å². The molecule has 0 saturated carbocycles. The smallest absolute Gasteiger partial charge is 0.243 e. The van der Waals surface area contributed by atoms with Crippen LogP contribution in [0, 0.1) is 11.7 Å². The summed E-state index contributed by atoms with van der Waals surface area (Å²) >= 11 is 0. The number of piperidine rings is 1. The van der Waals surface area contributed by atoms with E-state index in [0.29, 0.717) is 42.0 Å². The van der Waals surface area contributed by atoms with Gasteiger partial charge in [0, 0.05) is 32.6 Å². The maximum absolute atomic E-state index is 13.4. The van der Waals surface area contributed by atoms with E-state index in [0.717, 1.165) is 31.6 Å². The Morgan fingerprint density at radius 1 is 0.971 bits per heavy atom. The van der Waals surface area contributed by atoms with Gasteiger partial charge in [-0.15, -0.1) is 0 Å². The molecule has 7 nitrogen and oxygen atoms in total. The molecule has 0 atom stereocenters. The van der Waals surface area contributed by atoms with Crippen molar-refractivity contribution in [2.75, 3.05) is 24.5 Å². The second kappa shape index (κ2) is 9.31. The van der Waals surface area contributed by atoms with Crippen molar-refractivity contribution < 1.29 is 17.5 Å². The quantitative estimate of drug-likeness (QED) is 0.537. The normalized spacial score (nSPS) is 17.4. The Kier molecular flexibility index (Phi) is 6.22. The van der Waals surface area contributed by atoms with Crippen LogP contribution in [0.2, 0.25) is 0 Å². The van der Waals surface area contributed by atoms with E-state index in [9.17, 15) is 12.8 Å². The van der Waals surface area contributed by atoms with Gasteiger partial charge in [-0.2, -0.15) is 9.29 Å². The number of nitrogens with zero attached hydrogens (tertiary/aromatic N) is 4. The highest BCUT2D eigenvalue weighted by molar-refractivity contribution is 7.89. The first-order valence-electron chi connectivity index (χ1n) is 11.5. The highest BCUT2D eigenvalue weighted by Gasteiger charge is 2.32. The number of halogens is 1. The van der Waals surface area contributed by atoms with Crippen molar-refractivity contribution in [3.05, 3.63) is 71.7 Å². The summed E-state index contributed by atoms with van der Waals surface area (Å²) in [6, 6.07) is 14.1. The first-order chi connectivity index (χ1) is 16.4. The molecule has 1 aromatic heterocycles. The molecule has 1 saturated heterocycles. The van der Waals surface area contributed by atoms with E-state index in [1.165, 1.54) is 28.6 Å². The Bertz CT molecular complexity index is 1260. The van der Waals surface area contributed by atoms with Crippen LogP contribution in [0.15, 0.2) is 59.5 Å². The van der Waals surface area contributed by atoms with Crippen molar-refractivity contribution in [2.24, 2.45) is 5.92 Å². The van der Waals surface area contributed by atoms with Crippen molar-refractivity contribution in [2.45, 2.75) is 37.6 Å². The minimum atomic E-state index is -3.67. The number of fused-ring (bicyclic) bond motifs is 1. The third-order valence-electron chi connectivity index (χ3n) is 6.45. The number of hydrogen-bond donors (Lipinski definition) is 0. The number of hydrogen-bond acceptors (Lipinski definition) is 6. The van der Waals surface area contributed by atoms with E-state index in [-0.39, 0.29) is 17.3 Å². The Morgan fingerprint density at radius 2 is 1.68 bits per heavy atom. The van der Waals surface area contributed by atoms with Crippen LogP contribution in [0.4, 0.5) is 10.3 Å². The predicted octanol–water partition coefficient (Wildman–Crippen LogP) is 4.39. The second-order valence-corrected chi connectivity index (χ2v) is 10.8. The van der Waals surface area contributed by atoms with Gasteiger partial charge in [0.1, 0.15) is 11.6 Å². The molecule has 0 radical (unpaired) electrons. The topological polar surface area (TPSA) is 75.6 Å². The summed E-state index contributed by atoms with van der Waals surface area (Å²) in [7, 11) is -3.67. The molecular weight excluding hydrogens is 455 g/mol. The SMILES string of the molecule is CC1CCN(c2nc3c(c(Oc4ccc(F)cc4)n2)CN(S(=O)(=O)c2ccccc2)CC3)CC1. The fourth-order valence-electron chi connectivity index (χ4n) is 4.34. The maximum atomic E-state index is 13.4. The number of ether oxygens (including phenoxy) is 1. The number of anilines is 1. The number of benzene rings is 2. The molecule has 0 unspecified atom stereocenters. The van der Waals surface area contributed by atoms with Crippen LogP contribution in [0.5, 0.6) is 11.6 Å². The third-order valence-corrected chi connectivity index (χ3v) is 8.31. The van der Waals surface area contributed by atoms with Gasteiger partial charge in [-0.3, -0.25) is 0 Å². The lowest BCUT2D eigenvalue weighted by atomic mass is 9.99. The standard InChI is InChI=1S/C25H27FN4O3S/c1-18-11-14-29(15-12-18)25-27-23-13-16-30(34(31,32)21-5-3-2-4-6-21)17-22(23)24(28-25)33-20-9-7-19(26)8-10-20/h2-10,18H,11-17H2,1H3. The van der Waals surface area contributed by atoms with Crippen molar-refractivity contribution in [1.82, 2.24) is 14.3 Å². The number of aromatic nitrogens is 2. The predicted molar refractivity (Wildman–Crippen MR) is 127 cm³/mol.